The third-order valence-electron chi connectivity index (χ3n) is 4.60. The Hall–Kier alpha value is -3.22. The number of likely N-dealkylation sites (tertiary alicyclic amines) is 1. The van der Waals surface area contributed by atoms with Gasteiger partial charge in [-0.15, -0.1) is 0 Å². The van der Waals surface area contributed by atoms with Crippen molar-refractivity contribution in [3.05, 3.63) is 48.5 Å². The molecule has 1 saturated heterocycles. The molecule has 0 aromatic heterocycles. The number of hydrogen-bond acceptors (Lipinski definition) is 4. The molecule has 0 aliphatic carbocycles. The van der Waals surface area contributed by atoms with E-state index in [4.69, 9.17) is 9.47 Å². The van der Waals surface area contributed by atoms with Gasteiger partial charge in [0.2, 0.25) is 5.91 Å². The van der Waals surface area contributed by atoms with Crippen LogP contribution in [0.15, 0.2) is 48.5 Å². The Bertz CT molecular complexity index is 823. The van der Waals surface area contributed by atoms with Crippen LogP contribution >= 0.6 is 0 Å². The number of anilines is 2. The topological polar surface area (TPSA) is 79.9 Å². The van der Waals surface area contributed by atoms with Crippen LogP contribution in [0.2, 0.25) is 0 Å². The van der Waals surface area contributed by atoms with Gasteiger partial charge in [0.15, 0.2) is 0 Å². The maximum absolute atomic E-state index is 12.8. The molecule has 2 N–H and O–H groups in total. The molecule has 0 spiro atoms. The van der Waals surface area contributed by atoms with Gasteiger partial charge in [-0.1, -0.05) is 12.1 Å². The normalized spacial score (nSPS) is 15.8. The molecule has 0 radical (unpaired) electrons. The van der Waals surface area contributed by atoms with Crippen LogP contribution in [-0.2, 0) is 4.79 Å². The highest BCUT2D eigenvalue weighted by Gasteiger charge is 2.34. The number of carbonyl (C=O) groups is 2. The SMILES string of the molecule is CCOc1ccccc1NC(=O)[C@@H]1CCCN1C(=O)Nc1ccc(OC)cc1. The summed E-state index contributed by atoms with van der Waals surface area (Å²) in [5.41, 5.74) is 1.26. The molecule has 3 amide bonds. The maximum atomic E-state index is 12.8. The third-order valence-corrected chi connectivity index (χ3v) is 4.60. The largest absolute Gasteiger partial charge is 0.497 e. The molecule has 7 heteroatoms. The van der Waals surface area contributed by atoms with Crippen molar-refractivity contribution in [2.24, 2.45) is 0 Å². The highest BCUT2D eigenvalue weighted by Crippen LogP contribution is 2.26. The van der Waals surface area contributed by atoms with Crippen molar-refractivity contribution in [1.29, 1.82) is 0 Å². The summed E-state index contributed by atoms with van der Waals surface area (Å²) in [6.07, 6.45) is 1.40. The number of carbonyl (C=O) groups excluding carboxylic acids is 2. The molecule has 1 heterocycles. The molecule has 0 unspecified atom stereocenters. The predicted molar refractivity (Wildman–Crippen MR) is 108 cm³/mol. The van der Waals surface area contributed by atoms with Gasteiger partial charge in [0.05, 0.1) is 19.4 Å². The van der Waals surface area contributed by atoms with E-state index in [1.165, 1.54) is 0 Å². The minimum atomic E-state index is -0.520. The van der Waals surface area contributed by atoms with Crippen molar-refractivity contribution in [1.82, 2.24) is 4.90 Å². The molecule has 0 saturated carbocycles. The number of nitrogens with zero attached hydrogens (tertiary/aromatic N) is 1. The number of para-hydroxylation sites is 2. The van der Waals surface area contributed by atoms with E-state index in [-0.39, 0.29) is 11.9 Å². The van der Waals surface area contributed by atoms with Crippen molar-refractivity contribution < 1.29 is 19.1 Å². The number of hydrogen-bond donors (Lipinski definition) is 2. The fourth-order valence-corrected chi connectivity index (χ4v) is 3.22. The fraction of sp³-hybridized carbons (Fsp3) is 0.333. The zero-order chi connectivity index (χ0) is 19.9. The summed E-state index contributed by atoms with van der Waals surface area (Å²) >= 11 is 0. The number of benzene rings is 2. The monoisotopic (exact) mass is 383 g/mol. The van der Waals surface area contributed by atoms with Crippen LogP contribution in [-0.4, -0.2) is 43.1 Å². The second-order valence-corrected chi connectivity index (χ2v) is 6.43. The van der Waals surface area contributed by atoms with E-state index in [0.29, 0.717) is 42.4 Å². The van der Waals surface area contributed by atoms with Gasteiger partial charge >= 0.3 is 6.03 Å². The van der Waals surface area contributed by atoms with Crippen LogP contribution < -0.4 is 20.1 Å². The summed E-state index contributed by atoms with van der Waals surface area (Å²) in [7, 11) is 1.59. The molecule has 0 bridgehead atoms. The smallest absolute Gasteiger partial charge is 0.322 e. The average Bonchev–Trinajstić information content (AvgIpc) is 3.20. The molecule has 3 rings (SSSR count). The van der Waals surface area contributed by atoms with Crippen molar-refractivity contribution >= 4 is 23.3 Å². The molecule has 2 aromatic carbocycles. The van der Waals surface area contributed by atoms with Crippen LogP contribution in [0.1, 0.15) is 19.8 Å². The number of amides is 3. The third kappa shape index (κ3) is 4.54. The maximum Gasteiger partial charge on any atom is 0.322 e. The van der Waals surface area contributed by atoms with Gasteiger partial charge in [-0.25, -0.2) is 4.79 Å². The minimum Gasteiger partial charge on any atom is -0.497 e. The van der Waals surface area contributed by atoms with Crippen LogP contribution in [0.3, 0.4) is 0 Å². The Morgan fingerprint density at radius 3 is 2.57 bits per heavy atom. The van der Waals surface area contributed by atoms with E-state index in [1.807, 2.05) is 25.1 Å². The van der Waals surface area contributed by atoms with Gasteiger partial charge in [0.25, 0.3) is 0 Å². The Morgan fingerprint density at radius 2 is 1.86 bits per heavy atom. The summed E-state index contributed by atoms with van der Waals surface area (Å²) in [5, 5.41) is 5.74. The Balaban J connectivity index is 1.66. The molecule has 1 aliphatic rings. The number of nitrogens with one attached hydrogen (secondary N) is 2. The quantitative estimate of drug-likeness (QED) is 0.797. The highest BCUT2D eigenvalue weighted by molar-refractivity contribution is 6.00. The zero-order valence-corrected chi connectivity index (χ0v) is 16.1. The molecule has 28 heavy (non-hydrogen) atoms. The summed E-state index contributed by atoms with van der Waals surface area (Å²) in [6.45, 7) is 2.93. The lowest BCUT2D eigenvalue weighted by Crippen LogP contribution is -2.45. The van der Waals surface area contributed by atoms with Crippen molar-refractivity contribution in [2.45, 2.75) is 25.8 Å². The molecule has 7 nitrogen and oxygen atoms in total. The second kappa shape index (κ2) is 9.12. The molecule has 1 atom stereocenters. The van der Waals surface area contributed by atoms with Gasteiger partial charge in [-0.2, -0.15) is 0 Å². The van der Waals surface area contributed by atoms with E-state index in [1.54, 1.807) is 42.3 Å². The van der Waals surface area contributed by atoms with Gasteiger partial charge in [-0.05, 0) is 56.2 Å². The Morgan fingerprint density at radius 1 is 1.11 bits per heavy atom. The van der Waals surface area contributed by atoms with E-state index in [0.717, 1.165) is 6.42 Å². The molecule has 148 valence electrons. The summed E-state index contributed by atoms with van der Waals surface area (Å²) in [4.78, 5) is 27.1. The van der Waals surface area contributed by atoms with Gasteiger partial charge in [0, 0.05) is 12.2 Å². The second-order valence-electron chi connectivity index (χ2n) is 6.43. The van der Waals surface area contributed by atoms with E-state index in [9.17, 15) is 9.59 Å². The van der Waals surface area contributed by atoms with E-state index in [2.05, 4.69) is 10.6 Å². The van der Waals surface area contributed by atoms with Crippen LogP contribution in [0.25, 0.3) is 0 Å². The first-order valence-electron chi connectivity index (χ1n) is 9.36. The Labute approximate surface area is 164 Å². The van der Waals surface area contributed by atoms with Crippen molar-refractivity contribution in [2.75, 3.05) is 30.9 Å². The van der Waals surface area contributed by atoms with Crippen molar-refractivity contribution in [3.8, 4) is 11.5 Å². The lowest BCUT2D eigenvalue weighted by Gasteiger charge is -2.24. The van der Waals surface area contributed by atoms with Gasteiger partial charge in [-0.3, -0.25) is 4.79 Å². The van der Waals surface area contributed by atoms with Crippen molar-refractivity contribution in [3.63, 3.8) is 0 Å². The lowest BCUT2D eigenvalue weighted by atomic mass is 10.2. The van der Waals surface area contributed by atoms with Crippen LogP contribution in [0.4, 0.5) is 16.2 Å². The first kappa shape index (κ1) is 19.5. The molecular formula is C21H25N3O4. The van der Waals surface area contributed by atoms with Crippen LogP contribution in [0, 0.1) is 0 Å². The predicted octanol–water partition coefficient (Wildman–Crippen LogP) is 3.73. The summed E-state index contributed by atoms with van der Waals surface area (Å²) in [6, 6.07) is 13.5. The fourth-order valence-electron chi connectivity index (χ4n) is 3.22. The summed E-state index contributed by atoms with van der Waals surface area (Å²) < 4.78 is 10.7. The van der Waals surface area contributed by atoms with E-state index < -0.39 is 6.04 Å². The molecule has 1 fully saturated rings. The average molecular weight is 383 g/mol. The lowest BCUT2D eigenvalue weighted by molar-refractivity contribution is -0.119. The number of urea groups is 1. The highest BCUT2D eigenvalue weighted by atomic mass is 16.5. The number of methoxy groups -OCH3 is 1. The minimum absolute atomic E-state index is 0.213. The first-order valence-corrected chi connectivity index (χ1v) is 9.36. The molecular weight excluding hydrogens is 358 g/mol. The molecule has 1 aliphatic heterocycles. The summed E-state index contributed by atoms with van der Waals surface area (Å²) in [5.74, 6) is 1.12. The first-order chi connectivity index (χ1) is 13.6. The number of ether oxygens (including phenoxy) is 2. The zero-order valence-electron chi connectivity index (χ0n) is 16.1. The van der Waals surface area contributed by atoms with Crippen LogP contribution in [0.5, 0.6) is 11.5 Å². The number of rotatable bonds is 6. The molecule has 2 aromatic rings. The van der Waals surface area contributed by atoms with E-state index >= 15 is 0 Å². The Kier molecular flexibility index (Phi) is 6.37. The van der Waals surface area contributed by atoms with Gasteiger partial charge < -0.3 is 25.0 Å². The standard InChI is InChI=1S/C21H25N3O4/c1-3-28-19-9-5-4-7-17(19)23-20(25)18-8-6-14-24(18)21(26)22-15-10-12-16(27-2)13-11-15/h4-5,7,9-13,18H,3,6,8,14H2,1-2H3,(H,22,26)(H,23,25)/t18-/m0/s1. The van der Waals surface area contributed by atoms with Gasteiger partial charge in [0.1, 0.15) is 17.5 Å².